The van der Waals surface area contributed by atoms with Crippen LogP contribution in [0.5, 0.6) is 0 Å². The van der Waals surface area contributed by atoms with E-state index in [1.54, 1.807) is 11.3 Å². The number of aryl methyl sites for hydroxylation is 1. The van der Waals surface area contributed by atoms with Gasteiger partial charge in [0.25, 0.3) is 0 Å². The second-order valence-corrected chi connectivity index (χ2v) is 9.71. The van der Waals surface area contributed by atoms with Crippen molar-refractivity contribution in [3.8, 4) is 0 Å². The number of ether oxygens (including phenoxy) is 2. The minimum atomic E-state index is -5.08. The summed E-state index contributed by atoms with van der Waals surface area (Å²) in [5.74, 6) is -5.51. The Hall–Kier alpha value is -2.82. The molecule has 2 N–H and O–H groups in total. The lowest BCUT2D eigenvalue weighted by atomic mass is 9.89. The van der Waals surface area contributed by atoms with Gasteiger partial charge in [-0.25, -0.2) is 14.6 Å². The summed E-state index contributed by atoms with van der Waals surface area (Å²) in [5.41, 5.74) is 4.25. The number of carboxylic acids is 2. The van der Waals surface area contributed by atoms with Gasteiger partial charge < -0.3 is 19.7 Å². The molecule has 4 heterocycles. The standard InChI is InChI=1S/C19H25N3O2S.2C2HF3O2/c1-15-18(25-14-21-15)10-22-8-2-5-19(13-22)9-17(12-24-19)23-11-16-3-6-20-7-4-16;2*3-2(4,5)1(6)7/h3-4,6-7,14,17H,2,5,8-13H2,1H3;2*(H,6,7)/t17-,19+;;/m1../s1. The Morgan fingerprint density at radius 2 is 1.74 bits per heavy atom. The SMILES string of the molecule is Cc1ncsc1CN1CCC[C@]2(C[C@@H](OCc3ccncc3)CO2)C1.O=C(O)C(F)(F)F.O=C(O)C(F)(F)F. The van der Waals surface area contributed by atoms with Gasteiger partial charge in [0.1, 0.15) is 0 Å². The summed E-state index contributed by atoms with van der Waals surface area (Å²) in [6.07, 6.45) is -3.03. The molecule has 0 aliphatic carbocycles. The van der Waals surface area contributed by atoms with Crippen molar-refractivity contribution in [2.24, 2.45) is 0 Å². The Bertz CT molecular complexity index is 1040. The van der Waals surface area contributed by atoms with Crippen LogP contribution in [0.25, 0.3) is 0 Å². The van der Waals surface area contributed by atoms with Gasteiger partial charge in [-0.05, 0) is 44.0 Å². The first-order valence-corrected chi connectivity index (χ1v) is 12.4. The molecule has 0 radical (unpaired) electrons. The van der Waals surface area contributed by atoms with Crippen LogP contribution in [0.3, 0.4) is 0 Å². The number of carbonyl (C=O) groups is 2. The number of likely N-dealkylation sites (tertiary alicyclic amines) is 1. The molecule has 2 aromatic rings. The molecule has 2 aromatic heterocycles. The Morgan fingerprint density at radius 1 is 1.15 bits per heavy atom. The number of aliphatic carboxylic acids is 2. The summed E-state index contributed by atoms with van der Waals surface area (Å²) < 4.78 is 75.8. The summed E-state index contributed by atoms with van der Waals surface area (Å²) in [6.45, 7) is 6.57. The van der Waals surface area contributed by atoms with Crippen LogP contribution in [0.15, 0.2) is 30.0 Å². The van der Waals surface area contributed by atoms with E-state index in [1.807, 2.05) is 30.0 Å². The zero-order valence-electron chi connectivity index (χ0n) is 20.7. The lowest BCUT2D eigenvalue weighted by molar-refractivity contribution is -0.193. The number of rotatable bonds is 5. The normalized spacial score (nSPS) is 21.5. The molecular formula is C23H27F6N3O6S. The Kier molecular flexibility index (Phi) is 11.6. The van der Waals surface area contributed by atoms with Crippen LogP contribution >= 0.6 is 11.3 Å². The summed E-state index contributed by atoms with van der Waals surface area (Å²) >= 11 is 1.76. The Balaban J connectivity index is 0.000000317. The van der Waals surface area contributed by atoms with Crippen LogP contribution in [0.4, 0.5) is 26.3 Å². The second kappa shape index (κ2) is 14.0. The number of pyridine rings is 1. The van der Waals surface area contributed by atoms with Crippen LogP contribution in [-0.4, -0.2) is 80.8 Å². The number of hydrogen-bond acceptors (Lipinski definition) is 8. The van der Waals surface area contributed by atoms with Crippen LogP contribution in [0, 0.1) is 6.92 Å². The predicted octanol–water partition coefficient (Wildman–Crippen LogP) is 4.45. The van der Waals surface area contributed by atoms with Gasteiger partial charge in [0.15, 0.2) is 0 Å². The predicted molar refractivity (Wildman–Crippen MR) is 125 cm³/mol. The number of nitrogens with zero attached hydrogens (tertiary/aromatic N) is 3. The van der Waals surface area contributed by atoms with Crippen LogP contribution in [0.2, 0.25) is 0 Å². The molecule has 2 aliphatic heterocycles. The largest absolute Gasteiger partial charge is 0.490 e. The number of piperidine rings is 1. The number of carboxylic acid groups (broad SMARTS) is 2. The molecule has 2 atom stereocenters. The highest BCUT2D eigenvalue weighted by molar-refractivity contribution is 7.09. The highest BCUT2D eigenvalue weighted by Crippen LogP contribution is 2.36. The molecule has 4 rings (SSSR count). The average Bonchev–Trinajstić information content (AvgIpc) is 3.43. The number of hydrogen-bond donors (Lipinski definition) is 2. The van der Waals surface area contributed by atoms with E-state index >= 15 is 0 Å². The molecule has 218 valence electrons. The number of aromatic nitrogens is 2. The maximum absolute atomic E-state index is 10.6. The summed E-state index contributed by atoms with van der Waals surface area (Å²) in [4.78, 5) is 30.1. The maximum atomic E-state index is 10.6. The fourth-order valence-electron chi connectivity index (χ4n) is 3.89. The van der Waals surface area contributed by atoms with Gasteiger partial charge in [0, 0.05) is 36.8 Å². The Morgan fingerprint density at radius 3 is 2.26 bits per heavy atom. The first-order chi connectivity index (χ1) is 18.1. The van der Waals surface area contributed by atoms with Gasteiger partial charge in [0.2, 0.25) is 0 Å². The molecule has 0 unspecified atom stereocenters. The molecule has 2 saturated heterocycles. The quantitative estimate of drug-likeness (QED) is 0.489. The molecule has 0 saturated carbocycles. The minimum absolute atomic E-state index is 0.0280. The molecule has 16 heteroatoms. The van der Waals surface area contributed by atoms with Crippen LogP contribution < -0.4 is 0 Å². The summed E-state index contributed by atoms with van der Waals surface area (Å²) in [6, 6.07) is 4.01. The first kappa shape index (κ1) is 32.4. The molecule has 2 aliphatic rings. The van der Waals surface area contributed by atoms with Crippen LogP contribution in [-0.2, 0) is 32.2 Å². The molecular weight excluding hydrogens is 560 g/mol. The average molecular weight is 588 g/mol. The Labute approximate surface area is 223 Å². The third-order valence-corrected chi connectivity index (χ3v) is 6.65. The number of halogens is 6. The lowest BCUT2D eigenvalue weighted by Gasteiger charge is -2.39. The van der Waals surface area contributed by atoms with Crippen molar-refractivity contribution >= 4 is 23.3 Å². The van der Waals surface area contributed by atoms with Gasteiger partial charge in [-0.15, -0.1) is 11.3 Å². The van der Waals surface area contributed by atoms with Crippen molar-refractivity contribution < 1.29 is 55.6 Å². The van der Waals surface area contributed by atoms with E-state index in [0.29, 0.717) is 13.2 Å². The highest BCUT2D eigenvalue weighted by Gasteiger charge is 2.44. The molecule has 1 spiro atoms. The smallest absolute Gasteiger partial charge is 0.475 e. The van der Waals surface area contributed by atoms with Gasteiger partial charge in [-0.3, -0.25) is 9.88 Å². The van der Waals surface area contributed by atoms with Gasteiger partial charge in [-0.1, -0.05) is 0 Å². The van der Waals surface area contributed by atoms with E-state index in [9.17, 15) is 26.3 Å². The number of alkyl halides is 6. The van der Waals surface area contributed by atoms with Gasteiger partial charge in [-0.2, -0.15) is 26.3 Å². The van der Waals surface area contributed by atoms with Crippen molar-refractivity contribution in [3.05, 3.63) is 46.2 Å². The highest BCUT2D eigenvalue weighted by atomic mass is 32.1. The van der Waals surface area contributed by atoms with E-state index in [-0.39, 0.29) is 11.7 Å². The second-order valence-electron chi connectivity index (χ2n) is 8.77. The zero-order chi connectivity index (χ0) is 29.3. The topological polar surface area (TPSA) is 122 Å². The fourth-order valence-corrected chi connectivity index (χ4v) is 4.71. The van der Waals surface area contributed by atoms with Crippen LogP contribution in [0.1, 0.15) is 35.4 Å². The van der Waals surface area contributed by atoms with E-state index in [0.717, 1.165) is 38.2 Å². The molecule has 39 heavy (non-hydrogen) atoms. The number of thiazole rings is 1. The van der Waals surface area contributed by atoms with E-state index in [2.05, 4.69) is 21.8 Å². The van der Waals surface area contributed by atoms with Crippen molar-refractivity contribution in [3.63, 3.8) is 0 Å². The fraction of sp³-hybridized carbons (Fsp3) is 0.565. The summed E-state index contributed by atoms with van der Waals surface area (Å²) in [5, 5.41) is 14.2. The minimum Gasteiger partial charge on any atom is -0.475 e. The zero-order valence-corrected chi connectivity index (χ0v) is 21.5. The van der Waals surface area contributed by atoms with Crippen molar-refractivity contribution in [2.75, 3.05) is 19.7 Å². The molecule has 0 aromatic carbocycles. The lowest BCUT2D eigenvalue weighted by Crippen LogP contribution is -2.47. The van der Waals surface area contributed by atoms with Gasteiger partial charge >= 0.3 is 24.3 Å². The van der Waals surface area contributed by atoms with Crippen molar-refractivity contribution in [1.29, 1.82) is 0 Å². The molecule has 9 nitrogen and oxygen atoms in total. The van der Waals surface area contributed by atoms with E-state index in [1.165, 1.54) is 16.9 Å². The summed E-state index contributed by atoms with van der Waals surface area (Å²) in [7, 11) is 0. The van der Waals surface area contributed by atoms with Crippen molar-refractivity contribution in [2.45, 2.75) is 63.4 Å². The molecule has 0 amide bonds. The van der Waals surface area contributed by atoms with E-state index < -0.39 is 24.3 Å². The van der Waals surface area contributed by atoms with Gasteiger partial charge in [0.05, 0.1) is 36.1 Å². The third-order valence-electron chi connectivity index (χ3n) is 5.73. The molecule has 0 bridgehead atoms. The first-order valence-electron chi connectivity index (χ1n) is 11.5. The molecule has 2 fully saturated rings. The third kappa shape index (κ3) is 11.1. The van der Waals surface area contributed by atoms with E-state index in [4.69, 9.17) is 29.3 Å². The monoisotopic (exact) mass is 587 g/mol. The van der Waals surface area contributed by atoms with Crippen molar-refractivity contribution in [1.82, 2.24) is 14.9 Å². The maximum Gasteiger partial charge on any atom is 0.490 e.